The van der Waals surface area contributed by atoms with Gasteiger partial charge in [0.1, 0.15) is 6.61 Å². The van der Waals surface area contributed by atoms with Crippen molar-refractivity contribution in [2.45, 2.75) is 361 Å². The van der Waals surface area contributed by atoms with Crippen molar-refractivity contribution >= 4 is 11.9 Å². The number of hydrogen-bond acceptors (Lipinski definition) is 5. The van der Waals surface area contributed by atoms with E-state index in [0.717, 1.165) is 38.5 Å². The Bertz CT molecular complexity index is 1140. The molecule has 0 saturated heterocycles. The molecular weight excluding hydrogens is 885 g/mol. The van der Waals surface area contributed by atoms with Crippen LogP contribution >= 0.6 is 0 Å². The third kappa shape index (κ3) is 60.7. The van der Waals surface area contributed by atoms with Gasteiger partial charge >= 0.3 is 11.9 Å². The van der Waals surface area contributed by atoms with Crippen LogP contribution < -0.4 is 0 Å². The van der Waals surface area contributed by atoms with E-state index in [2.05, 4.69) is 57.2 Å². The number of carbonyl (C=O) groups is 2. The first-order valence-electron chi connectivity index (χ1n) is 32.5. The smallest absolute Gasteiger partial charge is 0.306 e. The van der Waals surface area contributed by atoms with E-state index in [-0.39, 0.29) is 18.5 Å². The van der Waals surface area contributed by atoms with Gasteiger partial charge in [0.05, 0.1) is 6.61 Å². The number of carbonyl (C=O) groups excluding carboxylic acids is 2. The molecule has 0 heterocycles. The highest BCUT2D eigenvalue weighted by atomic mass is 16.6. The minimum atomic E-state index is -0.536. The highest BCUT2D eigenvalue weighted by Gasteiger charge is 2.18. The van der Waals surface area contributed by atoms with Crippen LogP contribution in [0.15, 0.2) is 36.5 Å². The molecule has 0 amide bonds. The molecule has 5 nitrogen and oxygen atoms in total. The zero-order chi connectivity index (χ0) is 52.0. The van der Waals surface area contributed by atoms with Gasteiger partial charge in [-0.25, -0.2) is 0 Å². The van der Waals surface area contributed by atoms with Gasteiger partial charge in [0, 0.05) is 19.4 Å². The molecule has 0 aliphatic rings. The van der Waals surface area contributed by atoms with Crippen molar-refractivity contribution in [2.75, 3.05) is 19.8 Å². The van der Waals surface area contributed by atoms with Crippen molar-refractivity contribution < 1.29 is 23.8 Å². The second kappa shape index (κ2) is 63.4. The fraction of sp³-hybridized carbons (Fsp3) is 0.881. The third-order valence-electron chi connectivity index (χ3n) is 14.6. The maximum atomic E-state index is 12.9. The Balaban J connectivity index is 4.23. The minimum Gasteiger partial charge on any atom is -0.462 e. The lowest BCUT2D eigenvalue weighted by Crippen LogP contribution is -2.30. The summed E-state index contributed by atoms with van der Waals surface area (Å²) in [5, 5.41) is 0. The van der Waals surface area contributed by atoms with Gasteiger partial charge in [0.15, 0.2) is 6.10 Å². The maximum absolute atomic E-state index is 12.9. The number of rotatable bonds is 61. The average molecular weight is 1010 g/mol. The van der Waals surface area contributed by atoms with E-state index in [0.29, 0.717) is 26.1 Å². The van der Waals surface area contributed by atoms with Crippen molar-refractivity contribution in [3.63, 3.8) is 0 Å². The first kappa shape index (κ1) is 70.1. The average Bonchev–Trinajstić information content (AvgIpc) is 3.38. The SMILES string of the molecule is CCCCC/C=C\C/C=C\CCCCCCCCCCCC(=O)OCC(COCCCCCCCCCCCC/C=C\CCCCCCCC)OC(=O)CCCCCCCCCCCCCCCCCCC. The summed E-state index contributed by atoms with van der Waals surface area (Å²) in [5.74, 6) is -0.378. The first-order valence-corrected chi connectivity index (χ1v) is 32.5. The lowest BCUT2D eigenvalue weighted by Gasteiger charge is -2.18. The predicted molar refractivity (Wildman–Crippen MR) is 316 cm³/mol. The normalized spacial score (nSPS) is 12.3. The van der Waals surface area contributed by atoms with Crippen LogP contribution in [0.2, 0.25) is 0 Å². The molecule has 72 heavy (non-hydrogen) atoms. The fourth-order valence-electron chi connectivity index (χ4n) is 9.77. The van der Waals surface area contributed by atoms with Gasteiger partial charge in [-0.3, -0.25) is 9.59 Å². The molecule has 0 radical (unpaired) electrons. The highest BCUT2D eigenvalue weighted by molar-refractivity contribution is 5.70. The van der Waals surface area contributed by atoms with Crippen LogP contribution in [0.3, 0.4) is 0 Å². The Hall–Kier alpha value is -1.88. The molecule has 5 heteroatoms. The molecule has 0 aromatic heterocycles. The molecular formula is C67H126O5. The molecule has 1 atom stereocenters. The molecule has 0 aromatic carbocycles. The van der Waals surface area contributed by atoms with E-state index in [1.54, 1.807) is 0 Å². The molecule has 0 saturated carbocycles. The van der Waals surface area contributed by atoms with Crippen LogP contribution in [0.4, 0.5) is 0 Å². The number of unbranched alkanes of at least 4 members (excludes halogenated alkanes) is 44. The topological polar surface area (TPSA) is 61.8 Å². The Morgan fingerprint density at radius 1 is 0.306 bits per heavy atom. The maximum Gasteiger partial charge on any atom is 0.306 e. The Labute approximate surface area is 450 Å². The van der Waals surface area contributed by atoms with E-state index in [4.69, 9.17) is 14.2 Å². The quantitative estimate of drug-likeness (QED) is 0.0345. The van der Waals surface area contributed by atoms with E-state index in [9.17, 15) is 9.59 Å². The number of ether oxygens (including phenoxy) is 3. The van der Waals surface area contributed by atoms with E-state index in [1.807, 2.05) is 0 Å². The predicted octanol–water partition coefficient (Wildman–Crippen LogP) is 22.5. The molecule has 1 unspecified atom stereocenters. The van der Waals surface area contributed by atoms with Gasteiger partial charge in [-0.1, -0.05) is 301 Å². The molecule has 0 aliphatic carbocycles. The van der Waals surface area contributed by atoms with Gasteiger partial charge < -0.3 is 14.2 Å². The summed E-state index contributed by atoms with van der Waals surface area (Å²) < 4.78 is 17.6. The van der Waals surface area contributed by atoms with Crippen molar-refractivity contribution in [1.29, 1.82) is 0 Å². The summed E-state index contributed by atoms with van der Waals surface area (Å²) in [5.41, 5.74) is 0. The van der Waals surface area contributed by atoms with Gasteiger partial charge in [-0.2, -0.15) is 0 Å². The summed E-state index contributed by atoms with van der Waals surface area (Å²) in [4.78, 5) is 25.6. The van der Waals surface area contributed by atoms with Crippen LogP contribution in [0, 0.1) is 0 Å². The summed E-state index contributed by atoms with van der Waals surface area (Å²) in [7, 11) is 0. The highest BCUT2D eigenvalue weighted by Crippen LogP contribution is 2.17. The summed E-state index contributed by atoms with van der Waals surface area (Å²) in [6.07, 6.45) is 79.0. The second-order valence-electron chi connectivity index (χ2n) is 22.0. The lowest BCUT2D eigenvalue weighted by atomic mass is 10.0. The van der Waals surface area contributed by atoms with Crippen LogP contribution in [-0.4, -0.2) is 37.9 Å². The Kier molecular flexibility index (Phi) is 61.8. The molecule has 0 bridgehead atoms. The number of allylic oxidation sites excluding steroid dienone is 6. The van der Waals surface area contributed by atoms with Gasteiger partial charge in [-0.05, 0) is 77.0 Å². The number of esters is 2. The van der Waals surface area contributed by atoms with Crippen LogP contribution in [-0.2, 0) is 23.8 Å². The van der Waals surface area contributed by atoms with Crippen LogP contribution in [0.5, 0.6) is 0 Å². The monoisotopic (exact) mass is 1010 g/mol. The molecule has 0 aliphatic heterocycles. The lowest BCUT2D eigenvalue weighted by molar-refractivity contribution is -0.163. The van der Waals surface area contributed by atoms with Crippen molar-refractivity contribution in [1.82, 2.24) is 0 Å². The standard InChI is InChI=1S/C67H126O5/c1-4-7-10-13-16-19-22-25-28-31-33-35-38-41-44-47-50-53-56-59-62-70-63-65(72-67(69)61-58-55-52-49-46-43-40-36-30-27-24-21-18-15-12-9-6-3)64-71-66(68)60-57-54-51-48-45-42-39-37-34-32-29-26-23-20-17-14-11-8-5-2/h17,20,25-26,28-29,65H,4-16,18-19,21-24,27,30-64H2,1-3H3/b20-17-,28-25-,29-26-. The van der Waals surface area contributed by atoms with Crippen LogP contribution in [0.1, 0.15) is 355 Å². The van der Waals surface area contributed by atoms with Gasteiger partial charge in [0.25, 0.3) is 0 Å². The Morgan fingerprint density at radius 2 is 0.583 bits per heavy atom. The largest absolute Gasteiger partial charge is 0.462 e. The molecule has 0 spiro atoms. The molecule has 424 valence electrons. The molecule has 0 rings (SSSR count). The van der Waals surface area contributed by atoms with E-state index in [1.165, 1.54) is 283 Å². The van der Waals surface area contributed by atoms with E-state index < -0.39 is 6.10 Å². The third-order valence-corrected chi connectivity index (χ3v) is 14.6. The molecule has 0 aromatic rings. The summed E-state index contributed by atoms with van der Waals surface area (Å²) in [6.45, 7) is 7.87. The van der Waals surface area contributed by atoms with Gasteiger partial charge in [0.2, 0.25) is 0 Å². The first-order chi connectivity index (χ1) is 35.6. The van der Waals surface area contributed by atoms with Crippen LogP contribution in [0.25, 0.3) is 0 Å². The second-order valence-corrected chi connectivity index (χ2v) is 22.0. The zero-order valence-corrected chi connectivity index (χ0v) is 49.0. The summed E-state index contributed by atoms with van der Waals surface area (Å²) in [6, 6.07) is 0. The number of hydrogen-bond donors (Lipinski definition) is 0. The van der Waals surface area contributed by atoms with E-state index >= 15 is 0 Å². The Morgan fingerprint density at radius 3 is 0.958 bits per heavy atom. The zero-order valence-electron chi connectivity index (χ0n) is 49.0. The van der Waals surface area contributed by atoms with Gasteiger partial charge in [-0.15, -0.1) is 0 Å². The molecule has 0 N–H and O–H groups in total. The van der Waals surface area contributed by atoms with Crippen molar-refractivity contribution in [3.05, 3.63) is 36.5 Å². The minimum absolute atomic E-state index is 0.0888. The summed E-state index contributed by atoms with van der Waals surface area (Å²) >= 11 is 0. The van der Waals surface area contributed by atoms with Crippen molar-refractivity contribution in [3.8, 4) is 0 Å². The van der Waals surface area contributed by atoms with Crippen molar-refractivity contribution in [2.24, 2.45) is 0 Å². The molecule has 0 fully saturated rings. The fourth-order valence-corrected chi connectivity index (χ4v) is 9.77.